The number of anilines is 1. The van der Waals surface area contributed by atoms with Crippen molar-refractivity contribution in [2.24, 2.45) is 0 Å². The van der Waals surface area contributed by atoms with Gasteiger partial charge in [-0.3, -0.25) is 9.59 Å². The number of nitrogens with one attached hydrogen (secondary N) is 1. The summed E-state index contributed by atoms with van der Waals surface area (Å²) in [6.07, 6.45) is 1.25. The molecule has 1 aliphatic rings. The molecule has 0 aliphatic carbocycles. The molecule has 7 heteroatoms. The molecule has 1 fully saturated rings. The van der Waals surface area contributed by atoms with Crippen LogP contribution in [0.1, 0.15) is 26.9 Å². The van der Waals surface area contributed by atoms with Crippen molar-refractivity contribution in [1.82, 2.24) is 4.90 Å². The molecule has 2 amide bonds. The predicted molar refractivity (Wildman–Crippen MR) is 117 cm³/mol. The van der Waals surface area contributed by atoms with E-state index in [9.17, 15) is 9.59 Å². The van der Waals surface area contributed by atoms with Gasteiger partial charge in [0.05, 0.1) is 18.2 Å². The van der Waals surface area contributed by atoms with Gasteiger partial charge in [-0.2, -0.15) is 0 Å². The predicted octanol–water partition coefficient (Wildman–Crippen LogP) is 4.27. The highest BCUT2D eigenvalue weighted by atomic mass is 32.2. The third kappa shape index (κ3) is 5.45. The van der Waals surface area contributed by atoms with Crippen molar-refractivity contribution in [3.63, 3.8) is 0 Å². The lowest BCUT2D eigenvalue weighted by Gasteiger charge is -2.21. The number of carbonyl (C=O) groups is 2. The first kappa shape index (κ1) is 20.6. The van der Waals surface area contributed by atoms with Crippen LogP contribution >= 0.6 is 23.5 Å². The number of methoxy groups -OCH3 is 1. The van der Waals surface area contributed by atoms with E-state index in [0.29, 0.717) is 21.6 Å². The van der Waals surface area contributed by atoms with E-state index in [2.05, 4.69) is 5.32 Å². The molecule has 0 unspecified atom stereocenters. The summed E-state index contributed by atoms with van der Waals surface area (Å²) in [6, 6.07) is 14.9. The van der Waals surface area contributed by atoms with Crippen LogP contribution in [0.25, 0.3) is 0 Å². The van der Waals surface area contributed by atoms with E-state index in [-0.39, 0.29) is 18.4 Å². The van der Waals surface area contributed by atoms with E-state index < -0.39 is 0 Å². The Morgan fingerprint density at radius 1 is 1.14 bits per heavy atom. The van der Waals surface area contributed by atoms with Gasteiger partial charge in [0.25, 0.3) is 5.91 Å². The summed E-state index contributed by atoms with van der Waals surface area (Å²) >= 11 is 3.91. The highest BCUT2D eigenvalue weighted by Crippen LogP contribution is 2.43. The van der Waals surface area contributed by atoms with Gasteiger partial charge in [-0.25, -0.2) is 0 Å². The Morgan fingerprint density at radius 3 is 2.54 bits per heavy atom. The lowest BCUT2D eigenvalue weighted by molar-refractivity contribution is -0.116. The van der Waals surface area contributed by atoms with Crippen molar-refractivity contribution in [3.8, 4) is 5.75 Å². The van der Waals surface area contributed by atoms with E-state index >= 15 is 0 Å². The molecule has 0 aromatic heterocycles. The van der Waals surface area contributed by atoms with Crippen molar-refractivity contribution < 1.29 is 14.3 Å². The molecular weight excluding hydrogens is 392 g/mol. The molecule has 1 N–H and O–H groups in total. The highest BCUT2D eigenvalue weighted by molar-refractivity contribution is 8.16. The van der Waals surface area contributed by atoms with Crippen molar-refractivity contribution in [3.05, 3.63) is 59.7 Å². The Morgan fingerprint density at radius 2 is 1.86 bits per heavy atom. The number of hydrogen-bond acceptors (Lipinski definition) is 5. The first-order valence-corrected chi connectivity index (χ1v) is 11.2. The van der Waals surface area contributed by atoms with Gasteiger partial charge in [0.2, 0.25) is 5.91 Å². The Labute approximate surface area is 174 Å². The first-order valence-electron chi connectivity index (χ1n) is 9.09. The molecule has 2 aromatic carbocycles. The molecule has 28 heavy (non-hydrogen) atoms. The van der Waals surface area contributed by atoms with E-state index in [0.717, 1.165) is 0 Å². The summed E-state index contributed by atoms with van der Waals surface area (Å²) < 4.78 is 5.60. The summed E-state index contributed by atoms with van der Waals surface area (Å²) in [6.45, 7) is -0.0217. The molecule has 0 bridgehead atoms. The normalized spacial score (nSPS) is 14.4. The number of thioether (sulfide) groups is 2. The minimum absolute atomic E-state index is 0.0217. The smallest absolute Gasteiger partial charge is 0.254 e. The number of ether oxygens (including phenoxy) is 1. The van der Waals surface area contributed by atoms with Gasteiger partial charge < -0.3 is 15.0 Å². The molecule has 1 heterocycles. The van der Waals surface area contributed by atoms with E-state index in [4.69, 9.17) is 4.74 Å². The van der Waals surface area contributed by atoms with Gasteiger partial charge in [-0.05, 0) is 47.8 Å². The average molecular weight is 417 g/mol. The Hall–Kier alpha value is -2.12. The van der Waals surface area contributed by atoms with Crippen LogP contribution in [0.5, 0.6) is 5.75 Å². The zero-order valence-electron chi connectivity index (χ0n) is 16.0. The van der Waals surface area contributed by atoms with Gasteiger partial charge in [-0.15, -0.1) is 23.5 Å². The van der Waals surface area contributed by atoms with Crippen molar-refractivity contribution in [2.45, 2.75) is 11.0 Å². The SMILES string of the molecule is COc1cccc(NC(=O)CN(C)C(=O)c2ccc(C3SCCCS3)cc2)c1. The first-order chi connectivity index (χ1) is 13.6. The summed E-state index contributed by atoms with van der Waals surface area (Å²) in [5.74, 6) is 2.61. The lowest BCUT2D eigenvalue weighted by atomic mass is 10.1. The lowest BCUT2D eigenvalue weighted by Crippen LogP contribution is -2.34. The minimum atomic E-state index is -0.254. The van der Waals surface area contributed by atoms with Crippen LogP contribution in [0.15, 0.2) is 48.5 Å². The zero-order chi connectivity index (χ0) is 19.9. The maximum Gasteiger partial charge on any atom is 0.254 e. The Kier molecular flexibility index (Phi) is 7.28. The molecule has 1 saturated heterocycles. The third-order valence-electron chi connectivity index (χ3n) is 4.34. The molecule has 0 radical (unpaired) electrons. The molecular formula is C21H24N2O3S2. The van der Waals surface area contributed by atoms with Crippen LogP contribution in [-0.4, -0.2) is 48.9 Å². The number of hydrogen-bond donors (Lipinski definition) is 1. The van der Waals surface area contributed by atoms with Gasteiger partial charge in [0.1, 0.15) is 5.75 Å². The number of benzene rings is 2. The zero-order valence-corrected chi connectivity index (χ0v) is 17.6. The second-order valence-corrected chi connectivity index (χ2v) is 9.21. The maximum absolute atomic E-state index is 12.6. The van der Waals surface area contributed by atoms with Gasteiger partial charge in [0, 0.05) is 24.4 Å². The Bertz CT molecular complexity index is 821. The number of nitrogens with zero attached hydrogens (tertiary/aromatic N) is 1. The fourth-order valence-corrected chi connectivity index (χ4v) is 5.77. The van der Waals surface area contributed by atoms with E-state index in [1.807, 2.05) is 47.8 Å². The van der Waals surface area contributed by atoms with Crippen LogP contribution in [-0.2, 0) is 4.79 Å². The standard InChI is InChI=1S/C21H24N2O3S2/c1-23(14-19(24)22-17-5-3-6-18(13-17)26-2)20(25)15-7-9-16(10-8-15)21-27-11-4-12-28-21/h3,5-10,13,21H,4,11-12,14H2,1-2H3,(H,22,24). The third-order valence-corrected chi connectivity index (χ3v) is 7.35. The molecule has 0 atom stereocenters. The fourth-order valence-electron chi connectivity index (χ4n) is 2.87. The topological polar surface area (TPSA) is 58.6 Å². The van der Waals surface area contributed by atoms with Crippen LogP contribution < -0.4 is 10.1 Å². The molecule has 2 aromatic rings. The molecule has 148 valence electrons. The monoisotopic (exact) mass is 416 g/mol. The van der Waals surface area contributed by atoms with Crippen LogP contribution in [0, 0.1) is 0 Å². The van der Waals surface area contributed by atoms with Crippen LogP contribution in [0.3, 0.4) is 0 Å². The van der Waals surface area contributed by atoms with Gasteiger partial charge in [0.15, 0.2) is 0 Å². The quantitative estimate of drug-likeness (QED) is 0.762. The van der Waals surface area contributed by atoms with Crippen molar-refractivity contribution in [1.29, 1.82) is 0 Å². The molecule has 5 nitrogen and oxygen atoms in total. The maximum atomic E-state index is 12.6. The molecule has 0 saturated carbocycles. The molecule has 1 aliphatic heterocycles. The molecule has 3 rings (SSSR count). The average Bonchev–Trinajstić information content (AvgIpc) is 2.74. The number of carbonyl (C=O) groups excluding carboxylic acids is 2. The Balaban J connectivity index is 1.56. The largest absolute Gasteiger partial charge is 0.497 e. The fraction of sp³-hybridized carbons (Fsp3) is 0.333. The number of rotatable bonds is 6. The van der Waals surface area contributed by atoms with E-state index in [1.165, 1.54) is 28.4 Å². The van der Waals surface area contributed by atoms with E-state index in [1.54, 1.807) is 38.4 Å². The van der Waals surface area contributed by atoms with Crippen LogP contribution in [0.4, 0.5) is 5.69 Å². The minimum Gasteiger partial charge on any atom is -0.497 e. The summed E-state index contributed by atoms with van der Waals surface area (Å²) in [4.78, 5) is 26.3. The summed E-state index contributed by atoms with van der Waals surface area (Å²) in [5.41, 5.74) is 2.47. The van der Waals surface area contributed by atoms with Gasteiger partial charge in [-0.1, -0.05) is 18.2 Å². The molecule has 0 spiro atoms. The van der Waals surface area contributed by atoms with Crippen molar-refractivity contribution in [2.75, 3.05) is 37.5 Å². The number of amides is 2. The highest BCUT2D eigenvalue weighted by Gasteiger charge is 2.19. The second kappa shape index (κ2) is 9.89. The summed E-state index contributed by atoms with van der Waals surface area (Å²) in [7, 11) is 3.21. The van der Waals surface area contributed by atoms with Crippen molar-refractivity contribution >= 4 is 41.0 Å². The second-order valence-electron chi connectivity index (χ2n) is 6.49. The van der Waals surface area contributed by atoms with Gasteiger partial charge >= 0.3 is 0 Å². The van der Waals surface area contributed by atoms with Crippen LogP contribution in [0.2, 0.25) is 0 Å². The number of likely N-dealkylation sites (N-methyl/N-ethyl adjacent to an activating group) is 1. The summed E-state index contributed by atoms with van der Waals surface area (Å²) in [5, 5.41) is 2.79.